The monoisotopic (exact) mass is 343 g/mol. The van der Waals surface area contributed by atoms with Crippen LogP contribution in [0.15, 0.2) is 18.2 Å². The van der Waals surface area contributed by atoms with Gasteiger partial charge in [0.1, 0.15) is 5.75 Å². The van der Waals surface area contributed by atoms with E-state index in [1.807, 2.05) is 20.8 Å². The molecule has 0 bridgehead atoms. The van der Waals surface area contributed by atoms with E-state index in [1.165, 1.54) is 20.1 Å². The van der Waals surface area contributed by atoms with Crippen LogP contribution >= 0.6 is 0 Å². The number of benzene rings is 1. The van der Waals surface area contributed by atoms with Crippen molar-refractivity contribution in [1.29, 1.82) is 0 Å². The first-order valence-electron chi connectivity index (χ1n) is 7.25. The van der Waals surface area contributed by atoms with Gasteiger partial charge in [0.05, 0.1) is 24.6 Å². The van der Waals surface area contributed by atoms with Crippen LogP contribution in [-0.4, -0.2) is 33.2 Å². The highest BCUT2D eigenvalue weighted by atomic mass is 32.2. The zero-order valence-corrected chi connectivity index (χ0v) is 15.0. The van der Waals surface area contributed by atoms with Crippen molar-refractivity contribution >= 4 is 27.3 Å². The third-order valence-corrected chi connectivity index (χ3v) is 4.62. The Kier molecular flexibility index (Phi) is 6.01. The first kappa shape index (κ1) is 19.2. The molecule has 7 nitrogen and oxygen atoms in total. The molecule has 0 saturated heterocycles. The molecule has 0 saturated carbocycles. The summed E-state index contributed by atoms with van der Waals surface area (Å²) in [5.74, 6) is -0.0553. The molecule has 1 amide bonds. The maximum Gasteiger partial charge on any atom is 0.241 e. The third kappa shape index (κ3) is 5.40. The van der Waals surface area contributed by atoms with Crippen molar-refractivity contribution in [3.63, 3.8) is 0 Å². The summed E-state index contributed by atoms with van der Waals surface area (Å²) in [7, 11) is -1.99. The summed E-state index contributed by atoms with van der Waals surface area (Å²) in [5, 5.41) is 2.71. The molecule has 0 aromatic heterocycles. The number of nitrogens with one attached hydrogen (secondary N) is 2. The Bertz CT molecular complexity index is 666. The summed E-state index contributed by atoms with van der Waals surface area (Å²) in [4.78, 5) is 12.1. The molecule has 0 fully saturated rings. The second-order valence-corrected chi connectivity index (χ2v) is 8.26. The van der Waals surface area contributed by atoms with Crippen LogP contribution in [0.4, 0.5) is 11.4 Å². The molecular weight excluding hydrogens is 318 g/mol. The Morgan fingerprint density at radius 3 is 2.43 bits per heavy atom. The van der Waals surface area contributed by atoms with Crippen LogP contribution < -0.4 is 20.5 Å². The largest absolute Gasteiger partial charge is 0.494 e. The van der Waals surface area contributed by atoms with Crippen LogP contribution in [0.2, 0.25) is 0 Å². The fourth-order valence-electron chi connectivity index (χ4n) is 1.71. The van der Waals surface area contributed by atoms with Crippen molar-refractivity contribution in [1.82, 2.24) is 0 Å². The highest BCUT2D eigenvalue weighted by molar-refractivity contribution is 7.92. The lowest BCUT2D eigenvalue weighted by Gasteiger charge is -2.26. The van der Waals surface area contributed by atoms with E-state index in [2.05, 4.69) is 10.0 Å². The maximum absolute atomic E-state index is 12.1. The molecule has 4 N–H and O–H groups in total. The van der Waals surface area contributed by atoms with Gasteiger partial charge in [-0.3, -0.25) is 9.52 Å². The Labute approximate surface area is 137 Å². The van der Waals surface area contributed by atoms with E-state index in [9.17, 15) is 13.2 Å². The fraction of sp³-hybridized carbons (Fsp3) is 0.533. The number of carbonyl (C=O) groups excluding carboxylic acids is 1. The summed E-state index contributed by atoms with van der Waals surface area (Å²) in [6.07, 6.45) is 0. The molecule has 0 radical (unpaired) electrons. The van der Waals surface area contributed by atoms with Gasteiger partial charge in [-0.05, 0) is 24.5 Å². The number of ether oxygens (including phenoxy) is 1. The lowest BCUT2D eigenvalue weighted by atomic mass is 9.87. The summed E-state index contributed by atoms with van der Waals surface area (Å²) >= 11 is 0. The second kappa shape index (κ2) is 7.18. The van der Waals surface area contributed by atoms with Crippen LogP contribution in [0, 0.1) is 5.41 Å². The van der Waals surface area contributed by atoms with E-state index in [1.54, 1.807) is 12.1 Å². The molecule has 1 aromatic rings. The Morgan fingerprint density at radius 1 is 1.35 bits per heavy atom. The molecule has 1 atom stereocenters. The van der Waals surface area contributed by atoms with E-state index in [4.69, 9.17) is 10.5 Å². The number of methoxy groups -OCH3 is 1. The highest BCUT2D eigenvalue weighted by Gasteiger charge is 2.27. The summed E-state index contributed by atoms with van der Waals surface area (Å²) in [5.41, 5.74) is 6.33. The van der Waals surface area contributed by atoms with Gasteiger partial charge in [0, 0.05) is 11.8 Å². The molecule has 23 heavy (non-hydrogen) atoms. The van der Waals surface area contributed by atoms with Gasteiger partial charge in [-0.15, -0.1) is 0 Å². The third-order valence-electron chi connectivity index (χ3n) is 3.33. The summed E-state index contributed by atoms with van der Waals surface area (Å²) in [6.45, 7) is 7.17. The van der Waals surface area contributed by atoms with Crippen LogP contribution in [0.3, 0.4) is 0 Å². The number of rotatable bonds is 6. The van der Waals surface area contributed by atoms with Gasteiger partial charge >= 0.3 is 0 Å². The van der Waals surface area contributed by atoms with E-state index in [-0.39, 0.29) is 17.1 Å². The Morgan fingerprint density at radius 2 is 1.96 bits per heavy atom. The predicted octanol–water partition coefficient (Wildman–Crippen LogP) is 1.77. The molecular formula is C15H25N3O4S. The van der Waals surface area contributed by atoms with Gasteiger partial charge in [-0.25, -0.2) is 8.42 Å². The van der Waals surface area contributed by atoms with E-state index < -0.39 is 16.1 Å². The zero-order chi connectivity index (χ0) is 17.8. The van der Waals surface area contributed by atoms with Crippen molar-refractivity contribution in [2.45, 2.75) is 33.7 Å². The number of carbonyl (C=O) groups is 1. The minimum absolute atomic E-state index is 0.0465. The zero-order valence-electron chi connectivity index (χ0n) is 14.1. The van der Waals surface area contributed by atoms with Crippen molar-refractivity contribution < 1.29 is 17.9 Å². The second-order valence-electron chi connectivity index (χ2n) is 6.25. The van der Waals surface area contributed by atoms with Gasteiger partial charge in [0.25, 0.3) is 0 Å². The molecule has 8 heteroatoms. The van der Waals surface area contributed by atoms with Gasteiger partial charge in [0.2, 0.25) is 15.9 Å². The number of hydrogen-bond acceptors (Lipinski definition) is 5. The summed E-state index contributed by atoms with van der Waals surface area (Å²) in [6, 6.07) is 3.99. The lowest BCUT2D eigenvalue weighted by Crippen LogP contribution is -2.45. The van der Waals surface area contributed by atoms with Gasteiger partial charge in [0.15, 0.2) is 0 Å². The maximum atomic E-state index is 12.1. The lowest BCUT2D eigenvalue weighted by molar-refractivity contribution is -0.119. The molecule has 0 unspecified atom stereocenters. The number of sulfonamides is 1. The predicted molar refractivity (Wildman–Crippen MR) is 92.1 cm³/mol. The van der Waals surface area contributed by atoms with E-state index >= 15 is 0 Å². The van der Waals surface area contributed by atoms with Crippen LogP contribution in [0.5, 0.6) is 5.75 Å². The topological polar surface area (TPSA) is 111 Å². The van der Waals surface area contributed by atoms with Crippen LogP contribution in [-0.2, 0) is 14.8 Å². The number of anilines is 2. The SMILES string of the molecule is CCS(=O)(=O)Nc1ccc(NC(=O)[C@@H](N)C(C)(C)C)cc1OC. The van der Waals surface area contributed by atoms with E-state index in [0.29, 0.717) is 17.1 Å². The molecule has 0 aliphatic carbocycles. The van der Waals surface area contributed by atoms with Crippen molar-refractivity contribution in [3.05, 3.63) is 18.2 Å². The first-order valence-corrected chi connectivity index (χ1v) is 8.90. The molecule has 0 aliphatic rings. The minimum Gasteiger partial charge on any atom is -0.494 e. The standard InChI is InChI=1S/C15H25N3O4S/c1-6-23(20,21)18-11-8-7-10(9-12(11)22-5)17-14(19)13(16)15(2,3)4/h7-9,13,18H,6,16H2,1-5H3,(H,17,19)/t13-/m1/s1. The molecule has 0 aliphatic heterocycles. The van der Waals surface area contributed by atoms with Crippen molar-refractivity contribution in [2.75, 3.05) is 22.9 Å². The molecule has 130 valence electrons. The number of hydrogen-bond donors (Lipinski definition) is 3. The minimum atomic E-state index is -3.41. The van der Waals surface area contributed by atoms with Crippen LogP contribution in [0.25, 0.3) is 0 Å². The Hall–Kier alpha value is -1.80. The average molecular weight is 343 g/mol. The molecule has 0 heterocycles. The molecule has 1 aromatic carbocycles. The summed E-state index contributed by atoms with van der Waals surface area (Å²) < 4.78 is 30.9. The number of amides is 1. The van der Waals surface area contributed by atoms with E-state index in [0.717, 1.165) is 0 Å². The van der Waals surface area contributed by atoms with Crippen molar-refractivity contribution in [3.8, 4) is 5.75 Å². The molecule has 0 spiro atoms. The van der Waals surface area contributed by atoms with Crippen molar-refractivity contribution in [2.24, 2.45) is 11.1 Å². The molecule has 1 rings (SSSR count). The van der Waals surface area contributed by atoms with Gasteiger partial charge in [-0.2, -0.15) is 0 Å². The highest BCUT2D eigenvalue weighted by Crippen LogP contribution is 2.29. The quantitative estimate of drug-likeness (QED) is 0.729. The Balaban J connectivity index is 2.98. The fourth-order valence-corrected chi connectivity index (χ4v) is 2.35. The van der Waals surface area contributed by atoms with Crippen LogP contribution in [0.1, 0.15) is 27.7 Å². The smallest absolute Gasteiger partial charge is 0.241 e. The first-order chi connectivity index (χ1) is 10.5. The van der Waals surface area contributed by atoms with Gasteiger partial charge in [-0.1, -0.05) is 20.8 Å². The van der Waals surface area contributed by atoms with Gasteiger partial charge < -0.3 is 15.8 Å². The number of nitrogens with two attached hydrogens (primary N) is 1. The normalized spacial score (nSPS) is 13.3. The average Bonchev–Trinajstić information content (AvgIpc) is 2.46.